The summed E-state index contributed by atoms with van der Waals surface area (Å²) < 4.78 is 1.95. The van der Waals surface area contributed by atoms with Crippen molar-refractivity contribution >= 4 is 34.7 Å². The average molecular weight is 488 g/mol. The Morgan fingerprint density at radius 2 is 1.71 bits per heavy atom. The number of benzene rings is 2. The van der Waals surface area contributed by atoms with E-state index in [1.54, 1.807) is 0 Å². The Bertz CT molecular complexity index is 1400. The summed E-state index contributed by atoms with van der Waals surface area (Å²) in [7, 11) is 0. The maximum atomic E-state index is 13.0. The minimum atomic E-state index is -0.00522. The van der Waals surface area contributed by atoms with Crippen LogP contribution >= 0.6 is 11.6 Å². The summed E-state index contributed by atoms with van der Waals surface area (Å²) in [5.74, 6) is 1.12. The molecule has 35 heavy (non-hydrogen) atoms. The van der Waals surface area contributed by atoms with Crippen LogP contribution in [0, 0.1) is 33.6 Å². The predicted octanol–water partition coefficient (Wildman–Crippen LogP) is 6.14. The van der Waals surface area contributed by atoms with E-state index in [4.69, 9.17) is 21.7 Å². The lowest BCUT2D eigenvalue weighted by molar-refractivity contribution is -0.120. The number of nitrogens with one attached hydrogen (secondary N) is 1. The molecule has 5 rings (SSSR count). The third-order valence-electron chi connectivity index (χ3n) is 6.84. The Labute approximate surface area is 210 Å². The number of nitrogens with zero attached hydrogens (tertiary/aromatic N) is 4. The summed E-state index contributed by atoms with van der Waals surface area (Å²) in [6.45, 7) is 9.71. The molecule has 0 radical (unpaired) electrons. The number of halogens is 1. The molecule has 2 aromatic heterocycles. The molecule has 180 valence electrons. The Balaban J connectivity index is 1.37. The molecule has 7 heteroatoms. The third-order valence-corrected chi connectivity index (χ3v) is 7.09. The molecule has 1 aliphatic rings. The molecule has 0 aliphatic carbocycles. The fraction of sp³-hybridized carbons (Fsp3) is 0.321. The average Bonchev–Trinajstić information content (AvgIpc) is 3.16. The minimum absolute atomic E-state index is 0.00522. The largest absolute Gasteiger partial charge is 0.356 e. The Morgan fingerprint density at radius 3 is 2.40 bits per heavy atom. The molecule has 0 spiro atoms. The first-order valence-electron chi connectivity index (χ1n) is 12.1. The number of hydrogen-bond acceptors (Lipinski definition) is 4. The number of carbonyl (C=O) groups is 1. The van der Waals surface area contributed by atoms with Crippen LogP contribution in [0.3, 0.4) is 0 Å². The van der Waals surface area contributed by atoms with Crippen LogP contribution in [0.2, 0.25) is 5.02 Å². The molecule has 2 aromatic carbocycles. The molecular weight excluding hydrogens is 458 g/mol. The van der Waals surface area contributed by atoms with Gasteiger partial charge in [-0.15, -0.1) is 0 Å². The van der Waals surface area contributed by atoms with Crippen LogP contribution < -0.4 is 10.2 Å². The summed E-state index contributed by atoms with van der Waals surface area (Å²) in [4.78, 5) is 20.1. The quantitative estimate of drug-likeness (QED) is 0.375. The van der Waals surface area contributed by atoms with Crippen molar-refractivity contribution in [2.24, 2.45) is 5.92 Å². The smallest absolute Gasteiger partial charge is 0.227 e. The number of anilines is 2. The molecule has 0 saturated carbocycles. The molecule has 1 N–H and O–H groups in total. The van der Waals surface area contributed by atoms with Crippen molar-refractivity contribution in [3.63, 3.8) is 0 Å². The van der Waals surface area contributed by atoms with E-state index in [1.807, 2.05) is 61.7 Å². The van der Waals surface area contributed by atoms with Crippen LogP contribution in [0.5, 0.6) is 0 Å². The Hall–Kier alpha value is -3.38. The van der Waals surface area contributed by atoms with Crippen molar-refractivity contribution in [1.29, 1.82) is 0 Å². The number of carbonyl (C=O) groups excluding carboxylic acids is 1. The second-order valence-electron chi connectivity index (χ2n) is 9.53. The number of hydrogen-bond donors (Lipinski definition) is 1. The van der Waals surface area contributed by atoms with Crippen LogP contribution in [-0.4, -0.2) is 33.6 Å². The molecule has 1 aliphatic heterocycles. The van der Waals surface area contributed by atoms with Crippen molar-refractivity contribution in [2.45, 2.75) is 40.5 Å². The van der Waals surface area contributed by atoms with E-state index in [-0.39, 0.29) is 11.8 Å². The number of aromatic nitrogens is 3. The zero-order valence-corrected chi connectivity index (χ0v) is 21.4. The minimum Gasteiger partial charge on any atom is -0.356 e. The van der Waals surface area contributed by atoms with E-state index in [0.717, 1.165) is 71.2 Å². The highest BCUT2D eigenvalue weighted by Crippen LogP contribution is 2.32. The molecule has 1 amide bonds. The number of aryl methyl sites for hydroxylation is 4. The highest BCUT2D eigenvalue weighted by atomic mass is 35.5. The second kappa shape index (κ2) is 9.34. The summed E-state index contributed by atoms with van der Waals surface area (Å²) in [5, 5.41) is 8.70. The normalized spacial score (nSPS) is 14.5. The van der Waals surface area contributed by atoms with Crippen LogP contribution in [0.25, 0.3) is 16.8 Å². The zero-order chi connectivity index (χ0) is 24.7. The van der Waals surface area contributed by atoms with E-state index in [1.165, 1.54) is 5.56 Å². The summed E-state index contributed by atoms with van der Waals surface area (Å²) in [6.07, 6.45) is 1.59. The van der Waals surface area contributed by atoms with Gasteiger partial charge < -0.3 is 10.2 Å². The predicted molar refractivity (Wildman–Crippen MR) is 142 cm³/mol. The van der Waals surface area contributed by atoms with Gasteiger partial charge in [-0.3, -0.25) is 4.79 Å². The first-order chi connectivity index (χ1) is 16.8. The number of rotatable bonds is 4. The van der Waals surface area contributed by atoms with Gasteiger partial charge in [0, 0.05) is 47.0 Å². The van der Waals surface area contributed by atoms with Gasteiger partial charge in [-0.25, -0.2) is 4.98 Å². The highest BCUT2D eigenvalue weighted by molar-refractivity contribution is 6.30. The molecule has 0 atom stereocenters. The van der Waals surface area contributed by atoms with E-state index in [2.05, 4.69) is 29.3 Å². The van der Waals surface area contributed by atoms with Crippen molar-refractivity contribution in [3.8, 4) is 11.1 Å². The summed E-state index contributed by atoms with van der Waals surface area (Å²) >= 11 is 6.10. The fourth-order valence-corrected chi connectivity index (χ4v) is 5.09. The van der Waals surface area contributed by atoms with Crippen molar-refractivity contribution in [1.82, 2.24) is 14.6 Å². The molecule has 3 heterocycles. The van der Waals surface area contributed by atoms with Gasteiger partial charge in [0.1, 0.15) is 5.82 Å². The van der Waals surface area contributed by atoms with Gasteiger partial charge in [-0.1, -0.05) is 41.4 Å². The standard InChI is InChI=1S/C28H30ClN5O/c1-17-5-10-24(18(2)15-17)31-28(35)22-11-13-33(14-12-22)25-16-19(3)30-27-26(20(4)32-34(25)27)21-6-8-23(29)9-7-21/h5-10,15-16,22H,11-14H2,1-4H3,(H,31,35). The van der Waals surface area contributed by atoms with Gasteiger partial charge in [-0.05, 0) is 69.9 Å². The number of fused-ring (bicyclic) bond motifs is 1. The first kappa shape index (κ1) is 23.4. The van der Waals surface area contributed by atoms with E-state index < -0.39 is 0 Å². The third kappa shape index (κ3) is 4.63. The highest BCUT2D eigenvalue weighted by Gasteiger charge is 2.27. The number of piperidine rings is 1. The molecule has 1 fully saturated rings. The van der Waals surface area contributed by atoms with E-state index in [9.17, 15) is 4.79 Å². The maximum absolute atomic E-state index is 13.0. The van der Waals surface area contributed by atoms with Gasteiger partial charge in [0.15, 0.2) is 5.65 Å². The molecule has 0 unspecified atom stereocenters. The van der Waals surface area contributed by atoms with Gasteiger partial charge in [0.25, 0.3) is 0 Å². The molecular formula is C28H30ClN5O. The monoisotopic (exact) mass is 487 g/mol. The van der Waals surface area contributed by atoms with Crippen LogP contribution in [0.15, 0.2) is 48.5 Å². The SMILES string of the molecule is Cc1ccc(NC(=O)C2CCN(c3cc(C)nc4c(-c5ccc(Cl)cc5)c(C)nn34)CC2)c(C)c1. The zero-order valence-electron chi connectivity index (χ0n) is 20.6. The number of amides is 1. The Morgan fingerprint density at radius 1 is 1.00 bits per heavy atom. The van der Waals surface area contributed by atoms with Crippen molar-refractivity contribution in [2.75, 3.05) is 23.3 Å². The lowest BCUT2D eigenvalue weighted by Crippen LogP contribution is -2.39. The lowest BCUT2D eigenvalue weighted by Gasteiger charge is -2.33. The molecule has 6 nitrogen and oxygen atoms in total. The van der Waals surface area contributed by atoms with Crippen molar-refractivity contribution < 1.29 is 4.79 Å². The van der Waals surface area contributed by atoms with Crippen LogP contribution in [0.4, 0.5) is 11.5 Å². The fourth-order valence-electron chi connectivity index (χ4n) is 4.96. The lowest BCUT2D eigenvalue weighted by atomic mass is 9.95. The van der Waals surface area contributed by atoms with E-state index in [0.29, 0.717) is 5.02 Å². The first-order valence-corrected chi connectivity index (χ1v) is 12.4. The van der Waals surface area contributed by atoms with E-state index >= 15 is 0 Å². The van der Waals surface area contributed by atoms with Gasteiger partial charge >= 0.3 is 0 Å². The van der Waals surface area contributed by atoms with Gasteiger partial charge in [-0.2, -0.15) is 9.61 Å². The van der Waals surface area contributed by atoms with Gasteiger partial charge in [0.05, 0.1) is 5.69 Å². The molecule has 4 aromatic rings. The molecule has 0 bridgehead atoms. The summed E-state index contributed by atoms with van der Waals surface area (Å²) in [6, 6.07) is 16.0. The van der Waals surface area contributed by atoms with Crippen LogP contribution in [-0.2, 0) is 4.79 Å². The Kier molecular flexibility index (Phi) is 6.24. The maximum Gasteiger partial charge on any atom is 0.227 e. The topological polar surface area (TPSA) is 62.5 Å². The van der Waals surface area contributed by atoms with Crippen LogP contribution in [0.1, 0.15) is 35.4 Å². The van der Waals surface area contributed by atoms with Gasteiger partial charge in [0.2, 0.25) is 5.91 Å². The summed E-state index contributed by atoms with van der Waals surface area (Å²) in [5.41, 5.74) is 7.97. The second-order valence-corrected chi connectivity index (χ2v) is 9.96. The van der Waals surface area contributed by atoms with Crippen molar-refractivity contribution in [3.05, 3.63) is 76.1 Å². The molecule has 1 saturated heterocycles.